The molecule has 21 heavy (non-hydrogen) atoms. The van der Waals surface area contributed by atoms with Gasteiger partial charge in [0.15, 0.2) is 11.5 Å². The van der Waals surface area contributed by atoms with Gasteiger partial charge in [-0.3, -0.25) is 0 Å². The molecule has 0 heterocycles. The number of hydrogen-bond acceptors (Lipinski definition) is 3. The zero-order valence-corrected chi connectivity index (χ0v) is 14.2. The van der Waals surface area contributed by atoms with Crippen molar-refractivity contribution in [2.75, 3.05) is 13.7 Å². The van der Waals surface area contributed by atoms with Crippen LogP contribution in [-0.2, 0) is 0 Å². The summed E-state index contributed by atoms with van der Waals surface area (Å²) in [6, 6.07) is 6.58. The Kier molecular flexibility index (Phi) is 7.30. The Bertz CT molecular complexity index is 464. The van der Waals surface area contributed by atoms with Gasteiger partial charge in [0.25, 0.3) is 0 Å². The quantitative estimate of drug-likeness (QED) is 0.775. The van der Waals surface area contributed by atoms with Crippen molar-refractivity contribution in [3.8, 4) is 11.5 Å². The molecule has 0 saturated heterocycles. The highest BCUT2D eigenvalue weighted by Crippen LogP contribution is 2.29. The highest BCUT2D eigenvalue weighted by atomic mass is 16.5. The lowest BCUT2D eigenvalue weighted by Crippen LogP contribution is -2.24. The fourth-order valence-corrected chi connectivity index (χ4v) is 1.97. The summed E-state index contributed by atoms with van der Waals surface area (Å²) in [4.78, 5) is 0. The van der Waals surface area contributed by atoms with Crippen LogP contribution in [0.5, 0.6) is 11.5 Å². The smallest absolute Gasteiger partial charge is 0.161 e. The van der Waals surface area contributed by atoms with Crippen molar-refractivity contribution < 1.29 is 9.47 Å². The maximum absolute atomic E-state index is 5.74. The first-order valence-electron chi connectivity index (χ1n) is 7.73. The van der Waals surface area contributed by atoms with Crippen LogP contribution in [0.2, 0.25) is 0 Å². The van der Waals surface area contributed by atoms with Crippen LogP contribution in [0.3, 0.4) is 0 Å². The normalized spacial score (nSPS) is 12.1. The number of methoxy groups -OCH3 is 1. The van der Waals surface area contributed by atoms with Gasteiger partial charge < -0.3 is 14.8 Å². The lowest BCUT2D eigenvalue weighted by Gasteiger charge is -2.14. The summed E-state index contributed by atoms with van der Waals surface area (Å²) in [7, 11) is 1.68. The van der Waals surface area contributed by atoms with E-state index < -0.39 is 0 Å². The van der Waals surface area contributed by atoms with Crippen LogP contribution in [0.25, 0.3) is 6.08 Å². The van der Waals surface area contributed by atoms with E-state index in [1.807, 2.05) is 26.0 Å². The van der Waals surface area contributed by atoms with Crippen molar-refractivity contribution in [1.82, 2.24) is 5.32 Å². The monoisotopic (exact) mass is 291 g/mol. The molecule has 0 aliphatic heterocycles. The minimum absolute atomic E-state index is 0.140. The topological polar surface area (TPSA) is 30.5 Å². The average Bonchev–Trinajstić information content (AvgIpc) is 2.44. The number of rotatable bonds is 8. The molecular formula is C18H29NO2. The zero-order chi connectivity index (χ0) is 15.8. The number of nitrogens with one attached hydrogen (secondary N) is 1. The SMILES string of the molecule is CCC(=Cc1ccc(OC(C)C)c(OC)c1)CNC(C)C. The molecule has 0 aliphatic rings. The molecule has 0 fully saturated rings. The highest BCUT2D eigenvalue weighted by Gasteiger charge is 2.07. The van der Waals surface area contributed by atoms with Crippen LogP contribution in [0.4, 0.5) is 0 Å². The van der Waals surface area contributed by atoms with Crippen molar-refractivity contribution in [3.63, 3.8) is 0 Å². The molecule has 3 heteroatoms. The highest BCUT2D eigenvalue weighted by molar-refractivity contribution is 5.58. The van der Waals surface area contributed by atoms with E-state index in [2.05, 4.69) is 38.2 Å². The summed E-state index contributed by atoms with van der Waals surface area (Å²) < 4.78 is 11.2. The molecule has 0 aliphatic carbocycles. The second-order valence-corrected chi connectivity index (χ2v) is 5.77. The standard InChI is InChI=1S/C18H29NO2/c1-7-15(12-19-13(2)3)10-16-8-9-17(21-14(4)5)18(11-16)20-6/h8-11,13-14,19H,7,12H2,1-6H3. The van der Waals surface area contributed by atoms with Gasteiger partial charge in [0.1, 0.15) is 0 Å². The summed E-state index contributed by atoms with van der Waals surface area (Å²) in [6.45, 7) is 11.4. The van der Waals surface area contributed by atoms with E-state index >= 15 is 0 Å². The van der Waals surface area contributed by atoms with Crippen molar-refractivity contribution in [3.05, 3.63) is 29.3 Å². The predicted molar refractivity (Wildman–Crippen MR) is 90.2 cm³/mol. The van der Waals surface area contributed by atoms with Gasteiger partial charge in [-0.2, -0.15) is 0 Å². The van der Waals surface area contributed by atoms with E-state index in [9.17, 15) is 0 Å². The Labute approximate surface area is 129 Å². The third-order valence-corrected chi connectivity index (χ3v) is 3.11. The molecule has 0 saturated carbocycles. The van der Waals surface area contributed by atoms with Crippen LogP contribution in [0, 0.1) is 0 Å². The lowest BCUT2D eigenvalue weighted by molar-refractivity contribution is 0.230. The van der Waals surface area contributed by atoms with Gasteiger partial charge in [-0.1, -0.05) is 38.5 Å². The largest absolute Gasteiger partial charge is 0.493 e. The molecular weight excluding hydrogens is 262 g/mol. The molecule has 0 radical (unpaired) electrons. The van der Waals surface area contributed by atoms with Crippen molar-refractivity contribution >= 4 is 6.08 Å². The fraction of sp³-hybridized carbons (Fsp3) is 0.556. The molecule has 0 bridgehead atoms. The Balaban J connectivity index is 2.91. The van der Waals surface area contributed by atoms with Crippen molar-refractivity contribution in [2.45, 2.75) is 53.2 Å². The van der Waals surface area contributed by atoms with E-state index in [0.29, 0.717) is 6.04 Å². The maximum atomic E-state index is 5.74. The van der Waals surface area contributed by atoms with Crippen LogP contribution >= 0.6 is 0 Å². The second kappa shape index (κ2) is 8.73. The fourth-order valence-electron chi connectivity index (χ4n) is 1.97. The molecule has 1 N–H and O–H groups in total. The van der Waals surface area contributed by atoms with Crippen LogP contribution in [0.15, 0.2) is 23.8 Å². The van der Waals surface area contributed by atoms with Gasteiger partial charge in [-0.05, 0) is 38.0 Å². The minimum atomic E-state index is 0.140. The number of ether oxygens (including phenoxy) is 2. The van der Waals surface area contributed by atoms with E-state index in [1.54, 1.807) is 7.11 Å². The van der Waals surface area contributed by atoms with Gasteiger partial charge >= 0.3 is 0 Å². The molecule has 118 valence electrons. The van der Waals surface area contributed by atoms with Gasteiger partial charge in [0.05, 0.1) is 13.2 Å². The van der Waals surface area contributed by atoms with Crippen LogP contribution in [-0.4, -0.2) is 25.8 Å². The molecule has 1 rings (SSSR count). The molecule has 0 atom stereocenters. The first kappa shape index (κ1) is 17.6. The predicted octanol–water partition coefficient (Wildman–Crippen LogP) is 4.27. The summed E-state index contributed by atoms with van der Waals surface area (Å²) in [6.07, 6.45) is 3.39. The van der Waals surface area contributed by atoms with Gasteiger partial charge in [-0.15, -0.1) is 0 Å². The zero-order valence-electron chi connectivity index (χ0n) is 14.2. The van der Waals surface area contributed by atoms with Crippen molar-refractivity contribution in [1.29, 1.82) is 0 Å². The molecule has 3 nitrogen and oxygen atoms in total. The summed E-state index contributed by atoms with van der Waals surface area (Å²) in [5.74, 6) is 1.58. The van der Waals surface area contributed by atoms with Crippen LogP contribution < -0.4 is 14.8 Å². The molecule has 1 aromatic carbocycles. The second-order valence-electron chi connectivity index (χ2n) is 5.77. The number of benzene rings is 1. The number of hydrogen-bond donors (Lipinski definition) is 1. The molecule has 0 unspecified atom stereocenters. The summed E-state index contributed by atoms with van der Waals surface area (Å²) in [5, 5.41) is 3.46. The van der Waals surface area contributed by atoms with Gasteiger partial charge in [0.2, 0.25) is 0 Å². The maximum Gasteiger partial charge on any atom is 0.161 e. The van der Waals surface area contributed by atoms with E-state index in [4.69, 9.17) is 9.47 Å². The van der Waals surface area contributed by atoms with E-state index in [-0.39, 0.29) is 6.10 Å². The molecule has 0 spiro atoms. The molecule has 1 aromatic rings. The Hall–Kier alpha value is -1.48. The van der Waals surface area contributed by atoms with E-state index in [0.717, 1.165) is 30.0 Å². The summed E-state index contributed by atoms with van der Waals surface area (Å²) in [5.41, 5.74) is 2.52. The average molecular weight is 291 g/mol. The third kappa shape index (κ3) is 6.21. The van der Waals surface area contributed by atoms with Crippen LogP contribution in [0.1, 0.15) is 46.6 Å². The Morgan fingerprint density at radius 3 is 2.43 bits per heavy atom. The molecule has 0 amide bonds. The Morgan fingerprint density at radius 2 is 1.90 bits per heavy atom. The first-order chi connectivity index (χ1) is 9.96. The minimum Gasteiger partial charge on any atom is -0.493 e. The lowest BCUT2D eigenvalue weighted by atomic mass is 10.1. The first-order valence-corrected chi connectivity index (χ1v) is 7.73. The van der Waals surface area contributed by atoms with E-state index in [1.165, 1.54) is 5.57 Å². The third-order valence-electron chi connectivity index (χ3n) is 3.11. The summed E-state index contributed by atoms with van der Waals surface area (Å²) >= 11 is 0. The Morgan fingerprint density at radius 1 is 1.19 bits per heavy atom. The van der Waals surface area contributed by atoms with Crippen molar-refractivity contribution in [2.24, 2.45) is 0 Å². The molecule has 0 aromatic heterocycles. The van der Waals surface area contributed by atoms with Gasteiger partial charge in [0, 0.05) is 12.6 Å². The van der Waals surface area contributed by atoms with Gasteiger partial charge in [-0.25, -0.2) is 0 Å².